The fourth-order valence-corrected chi connectivity index (χ4v) is 1.93. The number of hydrogen-bond donors (Lipinski definition) is 1. The van der Waals surface area contributed by atoms with Crippen molar-refractivity contribution in [2.24, 2.45) is 0 Å². The summed E-state index contributed by atoms with van der Waals surface area (Å²) in [6.45, 7) is 0.672. The number of rotatable bonds is 4. The Morgan fingerprint density at radius 1 is 0.900 bits per heavy atom. The van der Waals surface area contributed by atoms with Gasteiger partial charge >= 0.3 is 0 Å². The van der Waals surface area contributed by atoms with E-state index in [2.05, 4.69) is 20.5 Å². The molecule has 4 nitrogen and oxygen atoms in total. The Bertz CT molecular complexity index is 712. The number of aromatic nitrogens is 3. The largest absolute Gasteiger partial charge is 0.353 e. The van der Waals surface area contributed by atoms with E-state index >= 15 is 0 Å². The highest BCUT2D eigenvalue weighted by Crippen LogP contribution is 2.09. The van der Waals surface area contributed by atoms with Gasteiger partial charge in [0, 0.05) is 6.54 Å². The topological polar surface area (TPSA) is 50.7 Å². The molecule has 0 fully saturated rings. The minimum Gasteiger partial charge on any atom is -0.353 e. The normalized spacial score (nSPS) is 10.7. The summed E-state index contributed by atoms with van der Waals surface area (Å²) in [6.07, 6.45) is 0.774. The lowest BCUT2D eigenvalue weighted by Crippen LogP contribution is -2.08. The molecule has 0 aliphatic carbocycles. The zero-order chi connectivity index (χ0) is 13.8. The maximum absolute atomic E-state index is 12.8. The average molecular weight is 268 g/mol. The smallest absolute Gasteiger partial charge is 0.243 e. The van der Waals surface area contributed by atoms with E-state index in [1.54, 1.807) is 12.1 Å². The van der Waals surface area contributed by atoms with E-state index < -0.39 is 0 Å². The van der Waals surface area contributed by atoms with Crippen molar-refractivity contribution >= 4 is 17.0 Å². The third-order valence-electron chi connectivity index (χ3n) is 2.97. The lowest BCUT2D eigenvalue weighted by Gasteiger charge is -2.05. The van der Waals surface area contributed by atoms with Crippen LogP contribution < -0.4 is 5.32 Å². The van der Waals surface area contributed by atoms with E-state index in [4.69, 9.17) is 0 Å². The molecular formula is C15H13FN4. The Labute approximate surface area is 115 Å². The van der Waals surface area contributed by atoms with Gasteiger partial charge in [-0.05, 0) is 36.2 Å². The van der Waals surface area contributed by atoms with Crippen molar-refractivity contribution in [1.29, 1.82) is 0 Å². The van der Waals surface area contributed by atoms with Gasteiger partial charge < -0.3 is 5.32 Å². The Morgan fingerprint density at radius 3 is 2.45 bits per heavy atom. The van der Waals surface area contributed by atoms with Gasteiger partial charge in [0.05, 0.1) is 5.52 Å². The third-order valence-corrected chi connectivity index (χ3v) is 2.97. The van der Waals surface area contributed by atoms with Gasteiger partial charge in [0.1, 0.15) is 11.3 Å². The molecule has 0 bridgehead atoms. The molecular weight excluding hydrogens is 255 g/mol. The number of fused-ring (bicyclic) bond motifs is 1. The molecule has 0 radical (unpaired) electrons. The third kappa shape index (κ3) is 2.88. The number of anilines is 1. The second kappa shape index (κ2) is 5.61. The van der Waals surface area contributed by atoms with Crippen LogP contribution in [0.5, 0.6) is 0 Å². The standard InChI is InChI=1S/C15H13FN4/c16-12-7-5-11(6-8-12)9-10-17-15-18-13-3-1-2-4-14(13)19-20-15/h1-8H,9-10H2,(H,17,18,20). The molecule has 20 heavy (non-hydrogen) atoms. The molecule has 100 valence electrons. The maximum atomic E-state index is 12.8. The van der Waals surface area contributed by atoms with Crippen molar-refractivity contribution in [1.82, 2.24) is 15.2 Å². The first-order valence-corrected chi connectivity index (χ1v) is 6.39. The second-order valence-electron chi connectivity index (χ2n) is 4.43. The monoisotopic (exact) mass is 268 g/mol. The van der Waals surface area contributed by atoms with Crippen LogP contribution in [0.3, 0.4) is 0 Å². The molecule has 0 unspecified atom stereocenters. The van der Waals surface area contributed by atoms with Gasteiger partial charge in [0.25, 0.3) is 0 Å². The molecule has 1 aromatic heterocycles. The minimum absolute atomic E-state index is 0.219. The Kier molecular flexibility index (Phi) is 3.50. The molecule has 0 spiro atoms. The molecule has 0 saturated heterocycles. The summed E-state index contributed by atoms with van der Waals surface area (Å²) in [5.41, 5.74) is 2.65. The Hall–Kier alpha value is -2.56. The van der Waals surface area contributed by atoms with Crippen molar-refractivity contribution in [3.05, 3.63) is 59.9 Å². The van der Waals surface area contributed by atoms with E-state index in [-0.39, 0.29) is 5.82 Å². The molecule has 1 N–H and O–H groups in total. The second-order valence-corrected chi connectivity index (χ2v) is 4.43. The van der Waals surface area contributed by atoms with Gasteiger partial charge in [-0.15, -0.1) is 10.2 Å². The first-order chi connectivity index (χ1) is 9.81. The molecule has 0 aliphatic rings. The fourth-order valence-electron chi connectivity index (χ4n) is 1.93. The minimum atomic E-state index is -0.219. The average Bonchev–Trinajstić information content (AvgIpc) is 2.49. The maximum Gasteiger partial charge on any atom is 0.243 e. The highest BCUT2D eigenvalue weighted by Gasteiger charge is 2.00. The van der Waals surface area contributed by atoms with Crippen molar-refractivity contribution in [3.8, 4) is 0 Å². The van der Waals surface area contributed by atoms with Crippen LogP contribution in [0.25, 0.3) is 11.0 Å². The van der Waals surface area contributed by atoms with Gasteiger partial charge in [-0.3, -0.25) is 0 Å². The van der Waals surface area contributed by atoms with Crippen LogP contribution in [-0.4, -0.2) is 21.7 Å². The molecule has 0 aliphatic heterocycles. The molecule has 3 aromatic rings. The number of nitrogens with zero attached hydrogens (tertiary/aromatic N) is 3. The number of halogens is 1. The van der Waals surface area contributed by atoms with Crippen LogP contribution in [0, 0.1) is 5.82 Å². The van der Waals surface area contributed by atoms with Crippen molar-refractivity contribution < 1.29 is 4.39 Å². The molecule has 3 rings (SSSR count). The van der Waals surface area contributed by atoms with E-state index in [9.17, 15) is 4.39 Å². The van der Waals surface area contributed by atoms with Crippen LogP contribution in [0.15, 0.2) is 48.5 Å². The predicted octanol–water partition coefficient (Wildman–Crippen LogP) is 2.82. The summed E-state index contributed by atoms with van der Waals surface area (Å²) >= 11 is 0. The molecule has 2 aromatic carbocycles. The van der Waals surface area contributed by atoms with Crippen molar-refractivity contribution in [2.45, 2.75) is 6.42 Å². The summed E-state index contributed by atoms with van der Waals surface area (Å²) in [5.74, 6) is 0.287. The summed E-state index contributed by atoms with van der Waals surface area (Å²) in [6, 6.07) is 14.1. The molecule has 1 heterocycles. The highest BCUT2D eigenvalue weighted by atomic mass is 19.1. The predicted molar refractivity (Wildman–Crippen MR) is 75.9 cm³/mol. The Morgan fingerprint density at radius 2 is 1.65 bits per heavy atom. The SMILES string of the molecule is Fc1ccc(CCNc2nnc3ccccc3n2)cc1. The summed E-state index contributed by atoms with van der Waals surface area (Å²) in [4.78, 5) is 4.38. The number of benzene rings is 2. The van der Waals surface area contributed by atoms with Crippen molar-refractivity contribution in [2.75, 3.05) is 11.9 Å². The molecule has 0 atom stereocenters. The van der Waals surface area contributed by atoms with Crippen molar-refractivity contribution in [3.63, 3.8) is 0 Å². The highest BCUT2D eigenvalue weighted by molar-refractivity contribution is 5.73. The van der Waals surface area contributed by atoms with Crippen LogP contribution in [-0.2, 0) is 6.42 Å². The van der Waals surface area contributed by atoms with Gasteiger partial charge in [0.2, 0.25) is 5.95 Å². The summed E-state index contributed by atoms with van der Waals surface area (Å²) < 4.78 is 12.8. The van der Waals surface area contributed by atoms with E-state index in [1.165, 1.54) is 12.1 Å². The first-order valence-electron chi connectivity index (χ1n) is 6.39. The summed E-state index contributed by atoms with van der Waals surface area (Å²) in [5, 5.41) is 11.2. The first kappa shape index (κ1) is 12.5. The van der Waals surface area contributed by atoms with Gasteiger partial charge in [0.15, 0.2) is 0 Å². The lowest BCUT2D eigenvalue weighted by atomic mass is 10.1. The molecule has 0 saturated carbocycles. The Balaban J connectivity index is 1.63. The fraction of sp³-hybridized carbons (Fsp3) is 0.133. The van der Waals surface area contributed by atoms with E-state index in [0.29, 0.717) is 12.5 Å². The zero-order valence-electron chi connectivity index (χ0n) is 10.8. The van der Waals surface area contributed by atoms with Crippen LogP contribution in [0.4, 0.5) is 10.3 Å². The van der Waals surface area contributed by atoms with Gasteiger partial charge in [-0.2, -0.15) is 0 Å². The van der Waals surface area contributed by atoms with Gasteiger partial charge in [-0.1, -0.05) is 24.3 Å². The van der Waals surface area contributed by atoms with Crippen LogP contribution >= 0.6 is 0 Å². The number of nitrogens with one attached hydrogen (secondary N) is 1. The number of hydrogen-bond acceptors (Lipinski definition) is 4. The lowest BCUT2D eigenvalue weighted by molar-refractivity contribution is 0.627. The molecule has 5 heteroatoms. The van der Waals surface area contributed by atoms with Crippen LogP contribution in [0.2, 0.25) is 0 Å². The van der Waals surface area contributed by atoms with Crippen LogP contribution in [0.1, 0.15) is 5.56 Å². The van der Waals surface area contributed by atoms with Gasteiger partial charge in [-0.25, -0.2) is 9.37 Å². The summed E-state index contributed by atoms with van der Waals surface area (Å²) in [7, 11) is 0. The number of para-hydroxylation sites is 1. The van der Waals surface area contributed by atoms with E-state index in [1.807, 2.05) is 24.3 Å². The van der Waals surface area contributed by atoms with E-state index in [0.717, 1.165) is 23.0 Å². The zero-order valence-corrected chi connectivity index (χ0v) is 10.8. The molecule has 0 amide bonds. The quantitative estimate of drug-likeness (QED) is 0.790.